The van der Waals surface area contributed by atoms with Crippen LogP contribution in [0.3, 0.4) is 0 Å². The molecule has 1 aliphatic carbocycles. The largest absolute Gasteiger partial charge is 0.382 e. The molecule has 0 radical (unpaired) electrons. The lowest BCUT2D eigenvalue weighted by atomic mass is 10.0. The predicted octanol–water partition coefficient (Wildman–Crippen LogP) is 3.79. The Balaban J connectivity index is 1.96. The van der Waals surface area contributed by atoms with Crippen LogP contribution in [0.5, 0.6) is 0 Å². The highest BCUT2D eigenvalue weighted by molar-refractivity contribution is 5.80. The van der Waals surface area contributed by atoms with Crippen LogP contribution < -0.4 is 10.6 Å². The quantitative estimate of drug-likeness (QED) is 0.403. The standard InChI is InChI=1S/C19H29F2N3O/c1-4-22-18(23-13-19(8-9-19)10-11-25-5-2)24-14(3)15-6-7-16(20)17(21)12-15/h6-7,12,14H,4-5,8-11,13H2,1-3H3,(H2,22,23,24). The molecule has 1 atom stereocenters. The number of nitrogens with one attached hydrogen (secondary N) is 2. The van der Waals surface area contributed by atoms with Gasteiger partial charge in [0.1, 0.15) is 0 Å². The summed E-state index contributed by atoms with van der Waals surface area (Å²) in [5.41, 5.74) is 0.949. The second-order valence-corrected chi connectivity index (χ2v) is 6.68. The summed E-state index contributed by atoms with van der Waals surface area (Å²) in [7, 11) is 0. The Morgan fingerprint density at radius 1 is 1.28 bits per heavy atom. The molecule has 1 aromatic carbocycles. The first-order valence-corrected chi connectivity index (χ1v) is 9.07. The van der Waals surface area contributed by atoms with Crippen molar-refractivity contribution < 1.29 is 13.5 Å². The molecule has 0 bridgehead atoms. The normalized spacial score (nSPS) is 17.2. The van der Waals surface area contributed by atoms with E-state index in [4.69, 9.17) is 9.73 Å². The molecule has 2 rings (SSSR count). The van der Waals surface area contributed by atoms with Crippen LogP contribution in [-0.2, 0) is 4.74 Å². The molecule has 1 saturated carbocycles. The summed E-state index contributed by atoms with van der Waals surface area (Å²) in [5.74, 6) is -0.968. The summed E-state index contributed by atoms with van der Waals surface area (Å²) in [6.45, 7) is 8.92. The highest BCUT2D eigenvalue weighted by Crippen LogP contribution is 2.49. The van der Waals surface area contributed by atoms with Gasteiger partial charge in [0.2, 0.25) is 0 Å². The number of benzene rings is 1. The van der Waals surface area contributed by atoms with E-state index in [2.05, 4.69) is 10.6 Å². The summed E-state index contributed by atoms with van der Waals surface area (Å²) in [6.07, 6.45) is 3.39. The second-order valence-electron chi connectivity index (χ2n) is 6.68. The minimum absolute atomic E-state index is 0.175. The minimum Gasteiger partial charge on any atom is -0.382 e. The fourth-order valence-corrected chi connectivity index (χ4v) is 2.73. The van der Waals surface area contributed by atoms with Crippen LogP contribution in [-0.4, -0.2) is 32.3 Å². The minimum atomic E-state index is -0.832. The fourth-order valence-electron chi connectivity index (χ4n) is 2.73. The van der Waals surface area contributed by atoms with Crippen molar-refractivity contribution in [2.45, 2.75) is 46.1 Å². The van der Waals surface area contributed by atoms with E-state index in [0.29, 0.717) is 11.5 Å². The lowest BCUT2D eigenvalue weighted by Gasteiger charge is -2.20. The van der Waals surface area contributed by atoms with Crippen molar-refractivity contribution in [3.63, 3.8) is 0 Å². The van der Waals surface area contributed by atoms with E-state index < -0.39 is 11.6 Å². The molecule has 0 aliphatic heterocycles. The van der Waals surface area contributed by atoms with Crippen molar-refractivity contribution in [3.05, 3.63) is 35.4 Å². The highest BCUT2D eigenvalue weighted by atomic mass is 19.2. The van der Waals surface area contributed by atoms with Gasteiger partial charge < -0.3 is 15.4 Å². The Morgan fingerprint density at radius 3 is 2.64 bits per heavy atom. The molecule has 1 aromatic rings. The molecule has 4 nitrogen and oxygen atoms in total. The third-order valence-corrected chi connectivity index (χ3v) is 4.65. The van der Waals surface area contributed by atoms with Gasteiger partial charge in [0.15, 0.2) is 17.6 Å². The topological polar surface area (TPSA) is 45.7 Å². The van der Waals surface area contributed by atoms with Gasteiger partial charge in [-0.1, -0.05) is 6.07 Å². The molecule has 1 aliphatic rings. The summed E-state index contributed by atoms with van der Waals surface area (Å²) in [4.78, 5) is 4.70. The summed E-state index contributed by atoms with van der Waals surface area (Å²) >= 11 is 0. The van der Waals surface area contributed by atoms with Gasteiger partial charge in [0.25, 0.3) is 0 Å². The van der Waals surface area contributed by atoms with Crippen LogP contribution in [0.1, 0.15) is 51.6 Å². The number of rotatable bonds is 9. The first-order valence-electron chi connectivity index (χ1n) is 9.07. The Hall–Kier alpha value is -1.69. The summed E-state index contributed by atoms with van der Waals surface area (Å²) < 4.78 is 32.0. The zero-order valence-electron chi connectivity index (χ0n) is 15.4. The SMILES string of the molecule is CCNC(=NCC1(CCOCC)CC1)NC(C)c1ccc(F)c(F)c1. The van der Waals surface area contributed by atoms with E-state index in [0.717, 1.165) is 38.8 Å². The number of ether oxygens (including phenoxy) is 1. The number of hydrogen-bond donors (Lipinski definition) is 2. The van der Waals surface area contributed by atoms with Gasteiger partial charge >= 0.3 is 0 Å². The first kappa shape index (κ1) is 19.6. The van der Waals surface area contributed by atoms with Crippen LogP contribution in [0.25, 0.3) is 0 Å². The van der Waals surface area contributed by atoms with Crippen molar-refractivity contribution in [3.8, 4) is 0 Å². The maximum absolute atomic E-state index is 13.4. The zero-order valence-corrected chi connectivity index (χ0v) is 15.4. The Morgan fingerprint density at radius 2 is 2.04 bits per heavy atom. The fraction of sp³-hybridized carbons (Fsp3) is 0.632. The molecule has 140 valence electrons. The van der Waals surface area contributed by atoms with Gasteiger partial charge in [-0.3, -0.25) is 4.99 Å². The molecule has 1 unspecified atom stereocenters. The molecule has 0 spiro atoms. The van der Waals surface area contributed by atoms with E-state index >= 15 is 0 Å². The Kier molecular flexibility index (Phi) is 7.17. The molecule has 0 aromatic heterocycles. The van der Waals surface area contributed by atoms with Crippen LogP contribution in [0, 0.1) is 17.0 Å². The number of guanidine groups is 1. The van der Waals surface area contributed by atoms with Gasteiger partial charge in [-0.25, -0.2) is 8.78 Å². The molecule has 6 heteroatoms. The van der Waals surface area contributed by atoms with Gasteiger partial charge in [0, 0.05) is 26.3 Å². The van der Waals surface area contributed by atoms with E-state index in [1.807, 2.05) is 20.8 Å². The van der Waals surface area contributed by atoms with Crippen molar-refractivity contribution in [1.82, 2.24) is 10.6 Å². The third kappa shape index (κ3) is 5.96. The molecule has 0 heterocycles. The predicted molar refractivity (Wildman–Crippen MR) is 96.7 cm³/mol. The van der Waals surface area contributed by atoms with E-state index in [-0.39, 0.29) is 11.5 Å². The van der Waals surface area contributed by atoms with Gasteiger partial charge in [0.05, 0.1) is 6.04 Å². The number of halogens is 2. The molecular weight excluding hydrogens is 324 g/mol. The molecule has 0 amide bonds. The van der Waals surface area contributed by atoms with Crippen molar-refractivity contribution in [1.29, 1.82) is 0 Å². The average Bonchev–Trinajstić information content (AvgIpc) is 3.36. The highest BCUT2D eigenvalue weighted by Gasteiger charge is 2.41. The van der Waals surface area contributed by atoms with Crippen LogP contribution in [0.2, 0.25) is 0 Å². The third-order valence-electron chi connectivity index (χ3n) is 4.65. The van der Waals surface area contributed by atoms with Crippen molar-refractivity contribution in [2.24, 2.45) is 10.4 Å². The van der Waals surface area contributed by atoms with Crippen LogP contribution >= 0.6 is 0 Å². The Bertz CT molecular complexity index is 588. The van der Waals surface area contributed by atoms with Crippen LogP contribution in [0.15, 0.2) is 23.2 Å². The van der Waals surface area contributed by atoms with E-state index in [9.17, 15) is 8.78 Å². The molecule has 0 saturated heterocycles. The lowest BCUT2D eigenvalue weighted by molar-refractivity contribution is 0.129. The lowest BCUT2D eigenvalue weighted by Crippen LogP contribution is -2.39. The van der Waals surface area contributed by atoms with Crippen molar-refractivity contribution in [2.75, 3.05) is 26.3 Å². The monoisotopic (exact) mass is 353 g/mol. The zero-order chi connectivity index (χ0) is 18.3. The molecule has 2 N–H and O–H groups in total. The van der Waals surface area contributed by atoms with E-state index in [1.165, 1.54) is 18.9 Å². The summed E-state index contributed by atoms with van der Waals surface area (Å²) in [5, 5.41) is 6.48. The smallest absolute Gasteiger partial charge is 0.191 e. The Labute approximate surface area is 149 Å². The first-order chi connectivity index (χ1) is 12.0. The van der Waals surface area contributed by atoms with E-state index in [1.54, 1.807) is 6.07 Å². The van der Waals surface area contributed by atoms with Gasteiger partial charge in [-0.05, 0) is 63.1 Å². The summed E-state index contributed by atoms with van der Waals surface area (Å²) in [6, 6.07) is 3.79. The number of nitrogens with zero attached hydrogens (tertiary/aromatic N) is 1. The maximum Gasteiger partial charge on any atom is 0.191 e. The second kappa shape index (κ2) is 9.13. The van der Waals surface area contributed by atoms with Gasteiger partial charge in [-0.2, -0.15) is 0 Å². The molecule has 25 heavy (non-hydrogen) atoms. The van der Waals surface area contributed by atoms with Gasteiger partial charge in [-0.15, -0.1) is 0 Å². The molecular formula is C19H29F2N3O. The number of hydrogen-bond acceptors (Lipinski definition) is 2. The maximum atomic E-state index is 13.4. The average molecular weight is 353 g/mol. The van der Waals surface area contributed by atoms with Crippen LogP contribution in [0.4, 0.5) is 8.78 Å². The van der Waals surface area contributed by atoms with Crippen molar-refractivity contribution >= 4 is 5.96 Å². The molecule has 1 fully saturated rings. The number of aliphatic imine (C=N–C) groups is 1.